The third-order valence-corrected chi connectivity index (χ3v) is 2.05. The number of rotatable bonds is 3. The molecule has 1 amide bonds. The summed E-state index contributed by atoms with van der Waals surface area (Å²) in [4.78, 5) is 11.5. The van der Waals surface area contributed by atoms with E-state index in [9.17, 15) is 4.79 Å². The van der Waals surface area contributed by atoms with Crippen molar-refractivity contribution < 1.29 is 4.79 Å². The highest BCUT2D eigenvalue weighted by Crippen LogP contribution is 2.14. The van der Waals surface area contributed by atoms with Gasteiger partial charge in [0, 0.05) is 10.7 Å². The van der Waals surface area contributed by atoms with Crippen molar-refractivity contribution in [1.82, 2.24) is 20.6 Å². The number of amides is 1. The molecule has 1 heterocycles. The van der Waals surface area contributed by atoms with E-state index in [-0.39, 0.29) is 12.3 Å². The number of aromatic amines is 1. The highest BCUT2D eigenvalue weighted by Gasteiger charge is 2.07. The van der Waals surface area contributed by atoms with Gasteiger partial charge in [0.2, 0.25) is 5.91 Å². The van der Waals surface area contributed by atoms with Gasteiger partial charge in [0.1, 0.15) is 0 Å². The molecule has 2 N–H and O–H groups in total. The van der Waals surface area contributed by atoms with E-state index in [1.54, 1.807) is 24.3 Å². The number of H-pyrrole nitrogens is 1. The summed E-state index contributed by atoms with van der Waals surface area (Å²) in [5, 5.41) is 16.2. The second-order valence-corrected chi connectivity index (χ2v) is 3.50. The minimum Gasteiger partial charge on any atom is -0.326 e. The van der Waals surface area contributed by atoms with Crippen LogP contribution in [0.15, 0.2) is 24.3 Å². The Morgan fingerprint density at radius 1 is 1.50 bits per heavy atom. The lowest BCUT2D eigenvalue weighted by molar-refractivity contribution is -0.115. The molecule has 0 spiro atoms. The zero-order valence-electron chi connectivity index (χ0n) is 8.14. The van der Waals surface area contributed by atoms with Crippen molar-refractivity contribution in [1.29, 1.82) is 0 Å². The number of anilines is 1. The first-order valence-corrected chi connectivity index (χ1v) is 4.89. The molecule has 0 unspecified atom stereocenters. The van der Waals surface area contributed by atoms with Crippen LogP contribution in [0.3, 0.4) is 0 Å². The molecule has 1 aromatic carbocycles. The summed E-state index contributed by atoms with van der Waals surface area (Å²) < 4.78 is 0. The van der Waals surface area contributed by atoms with E-state index in [1.165, 1.54) is 0 Å². The van der Waals surface area contributed by atoms with Crippen molar-refractivity contribution in [2.45, 2.75) is 6.42 Å². The van der Waals surface area contributed by atoms with Crippen LogP contribution in [0.2, 0.25) is 5.02 Å². The number of carbonyl (C=O) groups is 1. The van der Waals surface area contributed by atoms with Crippen LogP contribution in [-0.4, -0.2) is 26.5 Å². The number of nitrogens with one attached hydrogen (secondary N) is 2. The third-order valence-electron chi connectivity index (χ3n) is 1.82. The second-order valence-electron chi connectivity index (χ2n) is 3.06. The van der Waals surface area contributed by atoms with Crippen molar-refractivity contribution >= 4 is 23.2 Å². The van der Waals surface area contributed by atoms with Gasteiger partial charge in [-0.15, -0.1) is 10.2 Å². The molecule has 7 heteroatoms. The molecule has 0 aliphatic heterocycles. The van der Waals surface area contributed by atoms with Crippen LogP contribution in [0.1, 0.15) is 5.82 Å². The monoisotopic (exact) mass is 237 g/mol. The van der Waals surface area contributed by atoms with E-state index in [1.807, 2.05) is 0 Å². The minimum atomic E-state index is -0.219. The SMILES string of the molecule is O=C(Cc1nn[nH]n1)Nc1cccc(Cl)c1. The zero-order chi connectivity index (χ0) is 11.4. The van der Waals surface area contributed by atoms with Crippen molar-refractivity contribution in [2.75, 3.05) is 5.32 Å². The van der Waals surface area contributed by atoms with E-state index in [4.69, 9.17) is 11.6 Å². The van der Waals surface area contributed by atoms with Gasteiger partial charge in [0.05, 0.1) is 6.42 Å². The maximum Gasteiger partial charge on any atom is 0.232 e. The van der Waals surface area contributed by atoms with Crippen LogP contribution in [0.5, 0.6) is 0 Å². The van der Waals surface area contributed by atoms with E-state index in [2.05, 4.69) is 25.9 Å². The molecule has 0 fully saturated rings. The molecule has 0 aliphatic carbocycles. The number of hydrogen-bond donors (Lipinski definition) is 2. The summed E-state index contributed by atoms with van der Waals surface area (Å²) >= 11 is 5.78. The van der Waals surface area contributed by atoms with Crippen molar-refractivity contribution in [3.63, 3.8) is 0 Å². The molecule has 0 aliphatic rings. The Balaban J connectivity index is 1.97. The van der Waals surface area contributed by atoms with Crippen molar-refractivity contribution in [3.8, 4) is 0 Å². The molecule has 0 bridgehead atoms. The number of hydrogen-bond acceptors (Lipinski definition) is 4. The predicted octanol–water partition coefficient (Wildman–Crippen LogP) is 1.03. The topological polar surface area (TPSA) is 83.6 Å². The Labute approximate surface area is 96.0 Å². The summed E-state index contributed by atoms with van der Waals surface area (Å²) in [5.41, 5.74) is 0.640. The van der Waals surface area contributed by atoms with E-state index in [0.29, 0.717) is 16.5 Å². The van der Waals surface area contributed by atoms with Gasteiger partial charge < -0.3 is 5.32 Å². The Bertz CT molecular complexity index is 484. The van der Waals surface area contributed by atoms with Gasteiger partial charge in [-0.25, -0.2) is 0 Å². The molecule has 16 heavy (non-hydrogen) atoms. The Morgan fingerprint density at radius 3 is 3.06 bits per heavy atom. The van der Waals surface area contributed by atoms with E-state index >= 15 is 0 Å². The normalized spacial score (nSPS) is 10.1. The Morgan fingerprint density at radius 2 is 2.38 bits per heavy atom. The maximum atomic E-state index is 11.5. The van der Waals surface area contributed by atoms with Gasteiger partial charge >= 0.3 is 0 Å². The summed E-state index contributed by atoms with van der Waals surface area (Å²) in [5.74, 6) is 0.128. The van der Waals surface area contributed by atoms with Gasteiger partial charge in [0.25, 0.3) is 0 Å². The standard InChI is InChI=1S/C9H8ClN5O/c10-6-2-1-3-7(4-6)11-9(16)5-8-12-14-15-13-8/h1-4H,5H2,(H,11,16)(H,12,13,14,15). The van der Waals surface area contributed by atoms with Crippen molar-refractivity contribution in [2.24, 2.45) is 0 Å². The number of halogens is 1. The lowest BCUT2D eigenvalue weighted by atomic mass is 10.3. The minimum absolute atomic E-state index is 0.0724. The van der Waals surface area contributed by atoms with Crippen LogP contribution in [0, 0.1) is 0 Å². The van der Waals surface area contributed by atoms with Gasteiger partial charge in [-0.2, -0.15) is 5.21 Å². The molecule has 82 valence electrons. The number of aromatic nitrogens is 4. The smallest absolute Gasteiger partial charge is 0.232 e. The molecule has 0 atom stereocenters. The summed E-state index contributed by atoms with van der Waals surface area (Å²) in [6, 6.07) is 6.90. The average Bonchev–Trinajstić information content (AvgIpc) is 2.70. The maximum absolute atomic E-state index is 11.5. The predicted molar refractivity (Wildman–Crippen MR) is 58.0 cm³/mol. The lowest BCUT2D eigenvalue weighted by Gasteiger charge is -2.03. The zero-order valence-corrected chi connectivity index (χ0v) is 8.90. The van der Waals surface area contributed by atoms with E-state index < -0.39 is 0 Å². The lowest BCUT2D eigenvalue weighted by Crippen LogP contribution is -2.15. The Kier molecular flexibility index (Phi) is 3.11. The molecule has 2 aromatic rings. The molecule has 2 rings (SSSR count). The first-order valence-electron chi connectivity index (χ1n) is 4.52. The summed E-state index contributed by atoms with van der Waals surface area (Å²) in [6.07, 6.45) is 0.0724. The molecular formula is C9H8ClN5O. The molecule has 6 nitrogen and oxygen atoms in total. The number of tetrazole rings is 1. The fourth-order valence-electron chi connectivity index (χ4n) is 1.17. The summed E-state index contributed by atoms with van der Waals surface area (Å²) in [7, 11) is 0. The van der Waals surface area contributed by atoms with Crippen LogP contribution in [0.25, 0.3) is 0 Å². The molecule has 0 saturated carbocycles. The summed E-state index contributed by atoms with van der Waals surface area (Å²) in [6.45, 7) is 0. The molecule has 0 saturated heterocycles. The van der Waals surface area contributed by atoms with Crippen molar-refractivity contribution in [3.05, 3.63) is 35.1 Å². The van der Waals surface area contributed by atoms with Gasteiger partial charge in [-0.1, -0.05) is 22.9 Å². The number of carbonyl (C=O) groups excluding carboxylic acids is 1. The Hall–Kier alpha value is -1.95. The van der Waals surface area contributed by atoms with Gasteiger partial charge in [-0.05, 0) is 18.2 Å². The number of nitrogens with zero attached hydrogens (tertiary/aromatic N) is 3. The first kappa shape index (κ1) is 10.6. The molecule has 0 radical (unpaired) electrons. The van der Waals surface area contributed by atoms with Gasteiger partial charge in [0.15, 0.2) is 5.82 Å². The number of benzene rings is 1. The average molecular weight is 238 g/mol. The fourth-order valence-corrected chi connectivity index (χ4v) is 1.36. The van der Waals surface area contributed by atoms with Crippen LogP contribution in [0.4, 0.5) is 5.69 Å². The second kappa shape index (κ2) is 4.71. The highest BCUT2D eigenvalue weighted by molar-refractivity contribution is 6.30. The quantitative estimate of drug-likeness (QED) is 0.835. The van der Waals surface area contributed by atoms with Gasteiger partial charge in [-0.3, -0.25) is 4.79 Å². The fraction of sp³-hybridized carbons (Fsp3) is 0.111. The highest BCUT2D eigenvalue weighted by atomic mass is 35.5. The molecular weight excluding hydrogens is 230 g/mol. The first-order chi connectivity index (χ1) is 7.74. The third kappa shape index (κ3) is 2.77. The van der Waals surface area contributed by atoms with Crippen LogP contribution >= 0.6 is 11.6 Å². The van der Waals surface area contributed by atoms with E-state index in [0.717, 1.165) is 0 Å². The van der Waals surface area contributed by atoms with Crippen LogP contribution in [-0.2, 0) is 11.2 Å². The molecule has 1 aromatic heterocycles. The largest absolute Gasteiger partial charge is 0.326 e. The van der Waals surface area contributed by atoms with Crippen LogP contribution < -0.4 is 5.32 Å².